The molecule has 0 radical (unpaired) electrons. The minimum atomic E-state index is 0.0706. The lowest BCUT2D eigenvalue weighted by atomic mass is 10.1. The SMILES string of the molecule is O=C(c1cnc2[nH]cc(-c3ccoc3)c2c1)N1CCCC1. The molecular weight excluding hydrogens is 266 g/mol. The molecule has 5 heteroatoms. The lowest BCUT2D eigenvalue weighted by molar-refractivity contribution is 0.0792. The van der Waals surface area contributed by atoms with Crippen LogP contribution in [0.3, 0.4) is 0 Å². The molecule has 1 aliphatic heterocycles. The lowest BCUT2D eigenvalue weighted by Gasteiger charge is -2.14. The number of aromatic amines is 1. The first-order valence-electron chi connectivity index (χ1n) is 7.12. The quantitative estimate of drug-likeness (QED) is 0.785. The largest absolute Gasteiger partial charge is 0.472 e. The maximum absolute atomic E-state index is 12.5. The first-order chi connectivity index (χ1) is 10.3. The molecule has 0 aliphatic carbocycles. The zero-order chi connectivity index (χ0) is 14.2. The Morgan fingerprint density at radius 1 is 1.33 bits per heavy atom. The number of furan rings is 1. The predicted octanol–water partition coefficient (Wildman–Crippen LogP) is 3.06. The molecule has 1 fully saturated rings. The summed E-state index contributed by atoms with van der Waals surface area (Å²) in [5.41, 5.74) is 3.41. The van der Waals surface area contributed by atoms with E-state index < -0.39 is 0 Å². The summed E-state index contributed by atoms with van der Waals surface area (Å²) in [5.74, 6) is 0.0706. The Hall–Kier alpha value is -2.56. The summed E-state index contributed by atoms with van der Waals surface area (Å²) in [4.78, 5) is 21.9. The van der Waals surface area contributed by atoms with E-state index in [4.69, 9.17) is 4.42 Å². The van der Waals surface area contributed by atoms with Gasteiger partial charge in [-0.1, -0.05) is 0 Å². The molecule has 0 spiro atoms. The number of aromatic nitrogens is 2. The van der Waals surface area contributed by atoms with Gasteiger partial charge in [-0.3, -0.25) is 4.79 Å². The molecular formula is C16H15N3O2. The third-order valence-corrected chi connectivity index (χ3v) is 4.00. The number of pyridine rings is 1. The van der Waals surface area contributed by atoms with Crippen LogP contribution in [0.5, 0.6) is 0 Å². The van der Waals surface area contributed by atoms with Crippen LogP contribution in [0.25, 0.3) is 22.2 Å². The molecule has 4 heterocycles. The first kappa shape index (κ1) is 12.2. The molecule has 3 aromatic rings. The standard InChI is InChI=1S/C16H15N3O2/c20-16(19-4-1-2-5-19)12-7-13-14(11-3-6-21-10-11)9-18-15(13)17-8-12/h3,6-10H,1-2,4-5H2,(H,17,18). The van der Waals surface area contributed by atoms with Gasteiger partial charge in [0.15, 0.2) is 0 Å². The van der Waals surface area contributed by atoms with Gasteiger partial charge in [-0.15, -0.1) is 0 Å². The number of likely N-dealkylation sites (tertiary alicyclic amines) is 1. The van der Waals surface area contributed by atoms with Crippen molar-refractivity contribution >= 4 is 16.9 Å². The highest BCUT2D eigenvalue weighted by Crippen LogP contribution is 2.29. The van der Waals surface area contributed by atoms with Gasteiger partial charge in [0.1, 0.15) is 5.65 Å². The number of nitrogens with one attached hydrogen (secondary N) is 1. The van der Waals surface area contributed by atoms with Gasteiger partial charge in [0.25, 0.3) is 5.91 Å². The van der Waals surface area contributed by atoms with Crippen LogP contribution in [0.15, 0.2) is 41.5 Å². The maximum atomic E-state index is 12.5. The lowest BCUT2D eigenvalue weighted by Crippen LogP contribution is -2.27. The number of carbonyl (C=O) groups excluding carboxylic acids is 1. The molecule has 1 saturated heterocycles. The van der Waals surface area contributed by atoms with Gasteiger partial charge in [0.05, 0.1) is 18.1 Å². The Bertz CT molecular complexity index is 783. The molecule has 1 aliphatic rings. The number of rotatable bonds is 2. The number of fused-ring (bicyclic) bond motifs is 1. The van der Waals surface area contributed by atoms with E-state index in [0.29, 0.717) is 5.56 Å². The number of hydrogen-bond donors (Lipinski definition) is 1. The molecule has 4 rings (SSSR count). The van der Waals surface area contributed by atoms with Crippen molar-refractivity contribution in [2.24, 2.45) is 0 Å². The summed E-state index contributed by atoms with van der Waals surface area (Å²) in [6.07, 6.45) is 9.06. The Balaban J connectivity index is 1.78. The summed E-state index contributed by atoms with van der Waals surface area (Å²) >= 11 is 0. The van der Waals surface area contributed by atoms with Crippen LogP contribution < -0.4 is 0 Å². The van der Waals surface area contributed by atoms with Crippen LogP contribution in [0.2, 0.25) is 0 Å². The van der Waals surface area contributed by atoms with Crippen LogP contribution in [-0.2, 0) is 0 Å². The maximum Gasteiger partial charge on any atom is 0.255 e. The average molecular weight is 281 g/mol. The van der Waals surface area contributed by atoms with Gasteiger partial charge in [-0.25, -0.2) is 4.98 Å². The summed E-state index contributed by atoms with van der Waals surface area (Å²) in [5, 5.41) is 0.946. The Labute approximate surface area is 121 Å². The topological polar surface area (TPSA) is 62.1 Å². The van der Waals surface area contributed by atoms with Crippen molar-refractivity contribution in [3.8, 4) is 11.1 Å². The van der Waals surface area contributed by atoms with Crippen LogP contribution in [0.4, 0.5) is 0 Å². The molecule has 106 valence electrons. The zero-order valence-electron chi connectivity index (χ0n) is 11.5. The van der Waals surface area contributed by atoms with Crippen molar-refractivity contribution in [3.63, 3.8) is 0 Å². The molecule has 1 N–H and O–H groups in total. The van der Waals surface area contributed by atoms with Crippen LogP contribution in [-0.4, -0.2) is 33.9 Å². The van der Waals surface area contributed by atoms with E-state index in [2.05, 4.69) is 9.97 Å². The fraction of sp³-hybridized carbons (Fsp3) is 0.250. The molecule has 0 bridgehead atoms. The fourth-order valence-electron chi connectivity index (χ4n) is 2.88. The highest BCUT2D eigenvalue weighted by molar-refractivity contribution is 6.01. The van der Waals surface area contributed by atoms with Gasteiger partial charge in [0, 0.05) is 42.0 Å². The van der Waals surface area contributed by atoms with Crippen LogP contribution >= 0.6 is 0 Å². The van der Waals surface area contributed by atoms with E-state index in [0.717, 1.165) is 48.1 Å². The third kappa shape index (κ3) is 2.01. The average Bonchev–Trinajstić information content (AvgIpc) is 3.25. The van der Waals surface area contributed by atoms with E-state index in [1.165, 1.54) is 0 Å². The van der Waals surface area contributed by atoms with E-state index in [9.17, 15) is 4.79 Å². The van der Waals surface area contributed by atoms with Crippen molar-refractivity contribution in [2.45, 2.75) is 12.8 Å². The molecule has 0 saturated carbocycles. The minimum absolute atomic E-state index is 0.0706. The molecule has 0 unspecified atom stereocenters. The Morgan fingerprint density at radius 2 is 2.19 bits per heavy atom. The van der Waals surface area contributed by atoms with E-state index >= 15 is 0 Å². The van der Waals surface area contributed by atoms with Crippen molar-refractivity contribution in [3.05, 3.63) is 42.6 Å². The molecule has 0 aromatic carbocycles. The summed E-state index contributed by atoms with van der Waals surface area (Å²) in [6.45, 7) is 1.69. The second-order valence-electron chi connectivity index (χ2n) is 5.33. The molecule has 1 amide bonds. The summed E-state index contributed by atoms with van der Waals surface area (Å²) in [7, 11) is 0. The van der Waals surface area contributed by atoms with Crippen LogP contribution in [0, 0.1) is 0 Å². The Morgan fingerprint density at radius 3 is 2.95 bits per heavy atom. The van der Waals surface area contributed by atoms with Gasteiger partial charge in [-0.05, 0) is 25.0 Å². The second-order valence-corrected chi connectivity index (χ2v) is 5.33. The van der Waals surface area contributed by atoms with Crippen LogP contribution in [0.1, 0.15) is 23.2 Å². The number of H-pyrrole nitrogens is 1. The monoisotopic (exact) mass is 281 g/mol. The first-order valence-corrected chi connectivity index (χ1v) is 7.12. The number of nitrogens with zero attached hydrogens (tertiary/aromatic N) is 2. The highest BCUT2D eigenvalue weighted by atomic mass is 16.3. The van der Waals surface area contributed by atoms with Gasteiger partial charge >= 0.3 is 0 Å². The molecule has 3 aromatic heterocycles. The van der Waals surface area contributed by atoms with Crippen molar-refractivity contribution in [1.82, 2.24) is 14.9 Å². The second kappa shape index (κ2) is 4.77. The molecule has 0 atom stereocenters. The number of amides is 1. The summed E-state index contributed by atoms with van der Waals surface area (Å²) in [6, 6.07) is 3.82. The van der Waals surface area contributed by atoms with Gasteiger partial charge in [-0.2, -0.15) is 0 Å². The van der Waals surface area contributed by atoms with Crippen molar-refractivity contribution in [2.75, 3.05) is 13.1 Å². The predicted molar refractivity (Wildman–Crippen MR) is 78.9 cm³/mol. The van der Waals surface area contributed by atoms with Crippen molar-refractivity contribution in [1.29, 1.82) is 0 Å². The third-order valence-electron chi connectivity index (χ3n) is 4.00. The van der Waals surface area contributed by atoms with E-state index in [-0.39, 0.29) is 5.91 Å². The summed E-state index contributed by atoms with van der Waals surface area (Å²) < 4.78 is 5.14. The smallest absolute Gasteiger partial charge is 0.255 e. The van der Waals surface area contributed by atoms with Gasteiger partial charge in [0.2, 0.25) is 0 Å². The van der Waals surface area contributed by atoms with E-state index in [1.54, 1.807) is 18.7 Å². The minimum Gasteiger partial charge on any atom is -0.472 e. The normalized spacial score (nSPS) is 15.0. The van der Waals surface area contributed by atoms with Crippen molar-refractivity contribution < 1.29 is 9.21 Å². The Kier molecular flexibility index (Phi) is 2.77. The fourth-order valence-corrected chi connectivity index (χ4v) is 2.88. The molecule has 21 heavy (non-hydrogen) atoms. The zero-order valence-corrected chi connectivity index (χ0v) is 11.5. The molecule has 5 nitrogen and oxygen atoms in total. The number of hydrogen-bond acceptors (Lipinski definition) is 3. The number of carbonyl (C=O) groups is 1. The van der Waals surface area contributed by atoms with E-state index in [1.807, 2.05) is 23.2 Å². The highest BCUT2D eigenvalue weighted by Gasteiger charge is 2.20. The van der Waals surface area contributed by atoms with Gasteiger partial charge < -0.3 is 14.3 Å².